The van der Waals surface area contributed by atoms with Gasteiger partial charge in [0.25, 0.3) is 5.91 Å². The van der Waals surface area contributed by atoms with Crippen molar-refractivity contribution in [3.05, 3.63) is 30.1 Å². The first kappa shape index (κ1) is 17.9. The molecule has 0 radical (unpaired) electrons. The van der Waals surface area contributed by atoms with Crippen molar-refractivity contribution in [2.45, 2.75) is 26.4 Å². The Morgan fingerprint density at radius 3 is 2.18 bits per heavy atom. The van der Waals surface area contributed by atoms with Gasteiger partial charge in [-0.25, -0.2) is 14.2 Å². The smallest absolute Gasteiger partial charge is 0.415 e. The Morgan fingerprint density at radius 2 is 1.73 bits per heavy atom. The first-order valence-corrected chi connectivity index (χ1v) is 6.71. The zero-order valence-corrected chi connectivity index (χ0v) is 13.4. The Labute approximate surface area is 129 Å². The van der Waals surface area contributed by atoms with Gasteiger partial charge in [-0.1, -0.05) is 0 Å². The van der Waals surface area contributed by atoms with Crippen LogP contribution in [0.3, 0.4) is 0 Å². The van der Waals surface area contributed by atoms with Gasteiger partial charge in [-0.05, 0) is 45.0 Å². The highest BCUT2D eigenvalue weighted by atomic mass is 19.1. The number of benzene rings is 1. The highest BCUT2D eigenvalue weighted by Gasteiger charge is 2.26. The molecule has 0 heterocycles. The van der Waals surface area contributed by atoms with E-state index in [4.69, 9.17) is 9.57 Å². The van der Waals surface area contributed by atoms with Gasteiger partial charge >= 0.3 is 6.09 Å². The van der Waals surface area contributed by atoms with Crippen LogP contribution in [0.1, 0.15) is 20.8 Å². The number of rotatable bonds is 4. The van der Waals surface area contributed by atoms with Gasteiger partial charge in [0.15, 0.2) is 0 Å². The highest BCUT2D eigenvalue weighted by Crippen LogP contribution is 2.19. The Balaban J connectivity index is 3.02. The molecular formula is C15H21FN2O4. The minimum atomic E-state index is -0.717. The number of hydrogen-bond acceptors (Lipinski definition) is 4. The quantitative estimate of drug-likeness (QED) is 0.802. The summed E-state index contributed by atoms with van der Waals surface area (Å²) in [5, 5.41) is 1.00. The number of carbonyl (C=O) groups excluding carboxylic acids is 2. The highest BCUT2D eigenvalue weighted by molar-refractivity contribution is 5.94. The number of halogens is 1. The molecule has 122 valence electrons. The SMILES string of the molecule is CON(C)C(=O)CN(C(=O)OC(C)(C)C)c1ccc(F)cc1. The van der Waals surface area contributed by atoms with E-state index in [-0.39, 0.29) is 6.54 Å². The van der Waals surface area contributed by atoms with E-state index in [1.807, 2.05) is 0 Å². The van der Waals surface area contributed by atoms with Gasteiger partial charge in [0.05, 0.1) is 7.11 Å². The van der Waals surface area contributed by atoms with Crippen LogP contribution in [-0.4, -0.2) is 43.4 Å². The van der Waals surface area contributed by atoms with E-state index in [1.54, 1.807) is 20.8 Å². The molecule has 0 atom stereocenters. The average molecular weight is 312 g/mol. The fourth-order valence-electron chi connectivity index (χ4n) is 1.54. The third kappa shape index (κ3) is 5.33. The lowest BCUT2D eigenvalue weighted by Crippen LogP contribution is -2.43. The Kier molecular flexibility index (Phi) is 5.87. The van der Waals surface area contributed by atoms with Crippen molar-refractivity contribution in [1.29, 1.82) is 0 Å². The third-order valence-electron chi connectivity index (χ3n) is 2.67. The van der Waals surface area contributed by atoms with Crippen LogP contribution in [0.2, 0.25) is 0 Å². The summed E-state index contributed by atoms with van der Waals surface area (Å²) in [5.74, 6) is -0.883. The summed E-state index contributed by atoms with van der Waals surface area (Å²) in [4.78, 5) is 30.2. The molecule has 0 aliphatic heterocycles. The van der Waals surface area contributed by atoms with Gasteiger partial charge in [-0.3, -0.25) is 14.5 Å². The molecule has 1 rings (SSSR count). The lowest BCUT2D eigenvalue weighted by atomic mass is 10.2. The van der Waals surface area contributed by atoms with Crippen LogP contribution < -0.4 is 4.90 Å². The minimum absolute atomic E-state index is 0.287. The van der Waals surface area contributed by atoms with Crippen LogP contribution in [0.5, 0.6) is 0 Å². The number of amides is 2. The molecule has 0 fully saturated rings. The van der Waals surface area contributed by atoms with Gasteiger partial charge < -0.3 is 4.74 Å². The maximum atomic E-state index is 13.0. The van der Waals surface area contributed by atoms with Gasteiger partial charge in [0.2, 0.25) is 0 Å². The predicted molar refractivity (Wildman–Crippen MR) is 79.8 cm³/mol. The van der Waals surface area contributed by atoms with Crippen molar-refractivity contribution in [2.75, 3.05) is 25.6 Å². The summed E-state index contributed by atoms with van der Waals surface area (Å²) >= 11 is 0. The van der Waals surface area contributed by atoms with Crippen LogP contribution >= 0.6 is 0 Å². The summed E-state index contributed by atoms with van der Waals surface area (Å²) in [7, 11) is 2.77. The zero-order valence-electron chi connectivity index (χ0n) is 13.4. The summed E-state index contributed by atoms with van der Waals surface area (Å²) in [5.41, 5.74) is -0.362. The number of hydroxylamine groups is 2. The topological polar surface area (TPSA) is 59.1 Å². The summed E-state index contributed by atoms with van der Waals surface area (Å²) < 4.78 is 18.3. The van der Waals surface area contributed by atoms with E-state index < -0.39 is 23.4 Å². The summed E-state index contributed by atoms with van der Waals surface area (Å²) in [6.45, 7) is 4.87. The largest absolute Gasteiger partial charge is 0.443 e. The van der Waals surface area contributed by atoms with Crippen LogP contribution in [-0.2, 0) is 14.4 Å². The molecule has 0 aromatic heterocycles. The number of hydrogen-bond donors (Lipinski definition) is 0. The molecule has 6 nitrogen and oxygen atoms in total. The number of anilines is 1. The van der Waals surface area contributed by atoms with Crippen molar-refractivity contribution in [2.24, 2.45) is 0 Å². The summed E-state index contributed by atoms with van der Waals surface area (Å²) in [6.07, 6.45) is -0.697. The van der Waals surface area contributed by atoms with Crippen LogP contribution in [0.4, 0.5) is 14.9 Å². The van der Waals surface area contributed by atoms with Crippen molar-refractivity contribution < 1.29 is 23.6 Å². The van der Waals surface area contributed by atoms with Crippen molar-refractivity contribution in [3.63, 3.8) is 0 Å². The van der Waals surface area contributed by atoms with Gasteiger partial charge in [0.1, 0.15) is 18.0 Å². The molecule has 0 aliphatic rings. The normalized spacial score (nSPS) is 11.0. The minimum Gasteiger partial charge on any atom is -0.443 e. The second-order valence-electron chi connectivity index (χ2n) is 5.62. The number of likely N-dealkylation sites (N-methyl/N-ethyl adjacent to an activating group) is 1. The lowest BCUT2D eigenvalue weighted by Gasteiger charge is -2.28. The van der Waals surface area contributed by atoms with Gasteiger partial charge in [-0.15, -0.1) is 0 Å². The maximum Gasteiger partial charge on any atom is 0.415 e. The molecule has 0 spiro atoms. The molecule has 0 bridgehead atoms. The summed E-state index contributed by atoms with van der Waals surface area (Å²) in [6, 6.07) is 5.22. The molecule has 0 saturated heterocycles. The van der Waals surface area contributed by atoms with Crippen molar-refractivity contribution in [3.8, 4) is 0 Å². The van der Waals surface area contributed by atoms with Crippen LogP contribution in [0.15, 0.2) is 24.3 Å². The Morgan fingerprint density at radius 1 is 1.18 bits per heavy atom. The Bertz CT molecular complexity index is 525. The fourth-order valence-corrected chi connectivity index (χ4v) is 1.54. The lowest BCUT2D eigenvalue weighted by molar-refractivity contribution is -0.166. The predicted octanol–water partition coefficient (Wildman–Crippen LogP) is 2.59. The molecular weight excluding hydrogens is 291 g/mol. The zero-order chi connectivity index (χ0) is 16.9. The first-order chi connectivity index (χ1) is 10.1. The molecule has 22 heavy (non-hydrogen) atoms. The fraction of sp³-hybridized carbons (Fsp3) is 0.467. The first-order valence-electron chi connectivity index (χ1n) is 6.71. The second-order valence-corrected chi connectivity index (χ2v) is 5.62. The van der Waals surface area contributed by atoms with E-state index in [1.165, 1.54) is 38.4 Å². The van der Waals surface area contributed by atoms with E-state index in [9.17, 15) is 14.0 Å². The Hall–Kier alpha value is -2.15. The third-order valence-corrected chi connectivity index (χ3v) is 2.67. The van der Waals surface area contributed by atoms with Crippen LogP contribution in [0, 0.1) is 5.82 Å². The number of nitrogens with zero attached hydrogens (tertiary/aromatic N) is 2. The maximum absolute atomic E-state index is 13.0. The van der Waals surface area contributed by atoms with Crippen molar-refractivity contribution in [1.82, 2.24) is 5.06 Å². The second kappa shape index (κ2) is 7.22. The van der Waals surface area contributed by atoms with Gasteiger partial charge in [0, 0.05) is 12.7 Å². The van der Waals surface area contributed by atoms with Crippen LogP contribution in [0.25, 0.3) is 0 Å². The molecule has 2 amide bonds. The molecule has 0 N–H and O–H groups in total. The van der Waals surface area contributed by atoms with E-state index >= 15 is 0 Å². The van der Waals surface area contributed by atoms with Gasteiger partial charge in [-0.2, -0.15) is 0 Å². The standard InChI is InChI=1S/C15H21FN2O4/c1-15(2,3)22-14(20)18(10-13(19)17(4)21-5)12-8-6-11(16)7-9-12/h6-9H,10H2,1-5H3. The monoisotopic (exact) mass is 312 g/mol. The molecule has 7 heteroatoms. The average Bonchev–Trinajstić information content (AvgIpc) is 2.42. The molecule has 1 aromatic rings. The molecule has 0 unspecified atom stereocenters. The molecule has 0 saturated carbocycles. The number of carbonyl (C=O) groups is 2. The van der Waals surface area contributed by atoms with Crippen molar-refractivity contribution >= 4 is 17.7 Å². The van der Waals surface area contributed by atoms with E-state index in [0.29, 0.717) is 5.69 Å². The number of ether oxygens (including phenoxy) is 1. The molecule has 1 aromatic carbocycles. The molecule has 0 aliphatic carbocycles. The van der Waals surface area contributed by atoms with E-state index in [2.05, 4.69) is 0 Å². The van der Waals surface area contributed by atoms with E-state index in [0.717, 1.165) is 9.96 Å².